The molecule has 0 saturated carbocycles. The van der Waals surface area contributed by atoms with Crippen LogP contribution in [0.25, 0.3) is 0 Å². The topological polar surface area (TPSA) is 29.4 Å². The molecule has 0 fully saturated rings. The molecule has 1 aromatic rings. The van der Waals surface area contributed by atoms with Crippen molar-refractivity contribution in [1.29, 1.82) is 0 Å². The van der Waals surface area contributed by atoms with Crippen LogP contribution in [0.4, 0.5) is 5.69 Å². The van der Waals surface area contributed by atoms with Crippen molar-refractivity contribution in [3.8, 4) is 0 Å². The van der Waals surface area contributed by atoms with E-state index in [1.54, 1.807) is 12.1 Å². The monoisotopic (exact) mass is 277 g/mol. The lowest BCUT2D eigenvalue weighted by Gasteiger charge is -2.00. The van der Waals surface area contributed by atoms with Gasteiger partial charge in [-0.3, -0.25) is 0 Å². The number of hydrogen-bond acceptors (Lipinski definition) is 2. The molecule has 0 heterocycles. The number of alkyl halides is 1. The molecule has 0 amide bonds. The summed E-state index contributed by atoms with van der Waals surface area (Å²) in [5, 5.41) is 3.53. The van der Waals surface area contributed by atoms with Crippen LogP contribution >= 0.6 is 31.9 Å². The van der Waals surface area contributed by atoms with Crippen LogP contribution in [0.15, 0.2) is 27.8 Å². The summed E-state index contributed by atoms with van der Waals surface area (Å²) < 4.78 is 0.909. The Hall–Kier alpha value is -0.220. The van der Waals surface area contributed by atoms with Gasteiger partial charge in [-0.25, -0.2) is 0 Å². The molecule has 4 heteroatoms. The molecular formula is C7H5Br2NO. The van der Waals surface area contributed by atoms with Crippen molar-refractivity contribution >= 4 is 37.5 Å². The van der Waals surface area contributed by atoms with E-state index in [0.717, 1.165) is 10.0 Å². The molecule has 0 N–H and O–H groups in total. The smallest absolute Gasteiger partial charge is 0.113 e. The number of nitrogens with zero attached hydrogens (tertiary/aromatic N) is 1. The Bertz CT molecular complexity index is 275. The Labute approximate surface area is 81.2 Å². The first kappa shape index (κ1) is 8.87. The molecule has 2 nitrogen and oxygen atoms in total. The Balaban J connectivity index is 3.23. The van der Waals surface area contributed by atoms with Crippen LogP contribution < -0.4 is 0 Å². The Kier molecular flexibility index (Phi) is 3.20. The highest BCUT2D eigenvalue weighted by Crippen LogP contribution is 2.28. The third kappa shape index (κ3) is 1.87. The van der Waals surface area contributed by atoms with Crippen molar-refractivity contribution in [1.82, 2.24) is 0 Å². The normalized spacial score (nSPS) is 9.64. The maximum atomic E-state index is 10.2. The van der Waals surface area contributed by atoms with Crippen molar-refractivity contribution < 1.29 is 0 Å². The van der Waals surface area contributed by atoms with Crippen LogP contribution in [-0.2, 0) is 5.33 Å². The highest BCUT2D eigenvalue weighted by atomic mass is 79.9. The van der Waals surface area contributed by atoms with Gasteiger partial charge in [0.2, 0.25) is 0 Å². The van der Waals surface area contributed by atoms with Gasteiger partial charge in [-0.05, 0) is 17.3 Å². The number of nitroso groups, excluding NO2 is 1. The van der Waals surface area contributed by atoms with E-state index in [-0.39, 0.29) is 0 Å². The van der Waals surface area contributed by atoms with Crippen LogP contribution in [0.2, 0.25) is 0 Å². The average Bonchev–Trinajstić information content (AvgIpc) is 2.04. The summed E-state index contributed by atoms with van der Waals surface area (Å²) in [6.07, 6.45) is 0. The van der Waals surface area contributed by atoms with E-state index >= 15 is 0 Å². The van der Waals surface area contributed by atoms with Gasteiger partial charge in [-0.1, -0.05) is 37.9 Å². The second-order valence-electron chi connectivity index (χ2n) is 1.96. The zero-order valence-corrected chi connectivity index (χ0v) is 8.72. The van der Waals surface area contributed by atoms with Gasteiger partial charge in [0.15, 0.2) is 0 Å². The number of halogens is 2. The van der Waals surface area contributed by atoms with Gasteiger partial charge in [0.05, 0.1) is 0 Å². The minimum Gasteiger partial charge on any atom is -0.145 e. The summed E-state index contributed by atoms with van der Waals surface area (Å²) in [6, 6.07) is 5.35. The summed E-state index contributed by atoms with van der Waals surface area (Å²) in [7, 11) is 0. The SMILES string of the molecule is O=Nc1cccc(Br)c1CBr. The van der Waals surface area contributed by atoms with Crippen molar-refractivity contribution in [3.05, 3.63) is 33.1 Å². The second kappa shape index (κ2) is 3.97. The third-order valence-corrected chi connectivity index (χ3v) is 2.63. The lowest BCUT2D eigenvalue weighted by molar-refractivity contribution is 1.34. The van der Waals surface area contributed by atoms with Crippen LogP contribution in [0.3, 0.4) is 0 Å². The van der Waals surface area contributed by atoms with E-state index in [1.807, 2.05) is 6.07 Å². The molecule has 0 radical (unpaired) electrons. The van der Waals surface area contributed by atoms with Crippen molar-refractivity contribution in [2.45, 2.75) is 5.33 Å². The Morgan fingerprint density at radius 2 is 2.18 bits per heavy atom. The molecular weight excluding hydrogens is 274 g/mol. The number of benzene rings is 1. The summed E-state index contributed by atoms with van der Waals surface area (Å²) in [5.74, 6) is 0. The summed E-state index contributed by atoms with van der Waals surface area (Å²) in [4.78, 5) is 10.2. The fraction of sp³-hybridized carbons (Fsp3) is 0.143. The van der Waals surface area contributed by atoms with Crippen molar-refractivity contribution in [3.63, 3.8) is 0 Å². The number of hydrogen-bond donors (Lipinski definition) is 0. The lowest BCUT2D eigenvalue weighted by Crippen LogP contribution is -1.79. The lowest BCUT2D eigenvalue weighted by atomic mass is 10.2. The molecule has 11 heavy (non-hydrogen) atoms. The first-order valence-electron chi connectivity index (χ1n) is 2.96. The maximum absolute atomic E-state index is 10.2. The van der Waals surface area contributed by atoms with Gasteiger partial charge in [0.25, 0.3) is 0 Å². The molecule has 0 spiro atoms. The van der Waals surface area contributed by atoms with E-state index in [9.17, 15) is 4.91 Å². The van der Waals surface area contributed by atoms with Crippen LogP contribution in [-0.4, -0.2) is 0 Å². The quantitative estimate of drug-likeness (QED) is 0.599. The summed E-state index contributed by atoms with van der Waals surface area (Å²) in [5.41, 5.74) is 1.37. The van der Waals surface area contributed by atoms with Crippen LogP contribution in [0.1, 0.15) is 5.56 Å². The van der Waals surface area contributed by atoms with E-state index in [1.165, 1.54) is 0 Å². The standard InChI is InChI=1S/C7H5Br2NO/c8-4-5-6(9)2-1-3-7(5)10-11/h1-3H,4H2. The predicted octanol–water partition coefficient (Wildman–Crippen LogP) is 3.74. The van der Waals surface area contributed by atoms with Gasteiger partial charge in [-0.15, -0.1) is 4.91 Å². The molecule has 1 aromatic carbocycles. The van der Waals surface area contributed by atoms with Crippen LogP contribution in [0.5, 0.6) is 0 Å². The fourth-order valence-electron chi connectivity index (χ4n) is 0.765. The van der Waals surface area contributed by atoms with Crippen molar-refractivity contribution in [2.24, 2.45) is 5.18 Å². The van der Waals surface area contributed by atoms with Gasteiger partial charge >= 0.3 is 0 Å². The Morgan fingerprint density at radius 1 is 1.45 bits per heavy atom. The van der Waals surface area contributed by atoms with Gasteiger partial charge in [0.1, 0.15) is 5.69 Å². The van der Waals surface area contributed by atoms with E-state index in [0.29, 0.717) is 11.0 Å². The zero-order chi connectivity index (χ0) is 8.27. The number of rotatable bonds is 2. The van der Waals surface area contributed by atoms with Crippen molar-refractivity contribution in [2.75, 3.05) is 0 Å². The molecule has 0 saturated heterocycles. The first-order chi connectivity index (χ1) is 5.29. The molecule has 0 aliphatic rings. The molecule has 0 aromatic heterocycles. The highest BCUT2D eigenvalue weighted by molar-refractivity contribution is 9.10. The van der Waals surface area contributed by atoms with Gasteiger partial charge in [0, 0.05) is 15.4 Å². The van der Waals surface area contributed by atoms with E-state index in [4.69, 9.17) is 0 Å². The molecule has 0 atom stereocenters. The van der Waals surface area contributed by atoms with Gasteiger partial charge < -0.3 is 0 Å². The largest absolute Gasteiger partial charge is 0.145 e. The molecule has 0 unspecified atom stereocenters. The molecule has 58 valence electrons. The minimum absolute atomic E-state index is 0.483. The predicted molar refractivity (Wildman–Crippen MR) is 52.2 cm³/mol. The third-order valence-electron chi connectivity index (χ3n) is 1.33. The summed E-state index contributed by atoms with van der Waals surface area (Å²) >= 11 is 6.59. The minimum atomic E-state index is 0.483. The average molecular weight is 279 g/mol. The van der Waals surface area contributed by atoms with Gasteiger partial charge in [-0.2, -0.15) is 0 Å². The van der Waals surface area contributed by atoms with Crippen LogP contribution in [0, 0.1) is 4.91 Å². The summed E-state index contributed by atoms with van der Waals surface area (Å²) in [6.45, 7) is 0. The second-order valence-corrected chi connectivity index (χ2v) is 3.38. The molecule has 0 aliphatic heterocycles. The fourth-order valence-corrected chi connectivity index (χ4v) is 2.23. The maximum Gasteiger partial charge on any atom is 0.113 e. The molecule has 0 bridgehead atoms. The molecule has 0 aliphatic carbocycles. The first-order valence-corrected chi connectivity index (χ1v) is 4.87. The molecule has 1 rings (SSSR count). The zero-order valence-electron chi connectivity index (χ0n) is 5.55. The Morgan fingerprint density at radius 3 is 2.64 bits per heavy atom. The van der Waals surface area contributed by atoms with E-state index in [2.05, 4.69) is 37.0 Å². The van der Waals surface area contributed by atoms with E-state index < -0.39 is 0 Å². The highest BCUT2D eigenvalue weighted by Gasteiger charge is 2.03.